The first-order chi connectivity index (χ1) is 7.05. The van der Waals surface area contributed by atoms with Crippen molar-refractivity contribution in [3.63, 3.8) is 0 Å². The van der Waals surface area contributed by atoms with E-state index in [0.717, 1.165) is 0 Å². The second-order valence-corrected chi connectivity index (χ2v) is 3.46. The van der Waals surface area contributed by atoms with Gasteiger partial charge in [0.2, 0.25) is 0 Å². The van der Waals surface area contributed by atoms with Crippen molar-refractivity contribution in [2.75, 3.05) is 0 Å². The first-order valence-electron chi connectivity index (χ1n) is 4.47. The van der Waals surface area contributed by atoms with E-state index in [1.807, 2.05) is 0 Å². The van der Waals surface area contributed by atoms with Crippen molar-refractivity contribution in [1.29, 1.82) is 0 Å². The molecule has 1 unspecified atom stereocenters. The number of hydrogen-bond donors (Lipinski definition) is 1. The van der Waals surface area contributed by atoms with Gasteiger partial charge in [-0.1, -0.05) is 6.58 Å². The van der Waals surface area contributed by atoms with Crippen molar-refractivity contribution in [2.45, 2.75) is 18.5 Å². The number of rotatable bonds is 1. The number of hydrogen-bond acceptors (Lipinski definition) is 3. The van der Waals surface area contributed by atoms with Gasteiger partial charge in [-0.2, -0.15) is 0 Å². The quantitative estimate of drug-likeness (QED) is 0.760. The molecule has 1 heterocycles. The number of nitrogens with zero attached hydrogens (tertiary/aromatic N) is 2. The number of alkyl halides is 1. The second kappa shape index (κ2) is 3.12. The molecule has 4 nitrogen and oxygen atoms in total. The van der Waals surface area contributed by atoms with Crippen LogP contribution in [0.1, 0.15) is 24.2 Å². The molecule has 0 aromatic carbocycles. The zero-order valence-electron chi connectivity index (χ0n) is 7.90. The molecular formula is C10H9FN2O2. The van der Waals surface area contributed by atoms with E-state index in [9.17, 15) is 9.18 Å². The molecule has 78 valence electrons. The standard InChI is InChI=1S/C10H9FN2O2/c1-6-2-3-10(11,9(14)15)8-7(6)12-4-5-13-8/h4-5H,1-3H2,(H,14,15). The van der Waals surface area contributed by atoms with Gasteiger partial charge >= 0.3 is 5.97 Å². The number of aliphatic carboxylic acids is 1. The van der Waals surface area contributed by atoms with Crippen LogP contribution in [-0.4, -0.2) is 21.0 Å². The second-order valence-electron chi connectivity index (χ2n) is 3.46. The molecular weight excluding hydrogens is 199 g/mol. The van der Waals surface area contributed by atoms with Gasteiger partial charge in [0.15, 0.2) is 0 Å². The van der Waals surface area contributed by atoms with E-state index in [1.54, 1.807) is 0 Å². The summed E-state index contributed by atoms with van der Waals surface area (Å²) in [5.41, 5.74) is -1.65. The van der Waals surface area contributed by atoms with Crippen LogP contribution in [0.5, 0.6) is 0 Å². The lowest BCUT2D eigenvalue weighted by molar-refractivity contribution is -0.152. The molecule has 1 atom stereocenters. The maximum Gasteiger partial charge on any atom is 0.347 e. The summed E-state index contributed by atoms with van der Waals surface area (Å²) in [7, 11) is 0. The Labute approximate surface area is 85.5 Å². The number of allylic oxidation sites excluding steroid dienone is 1. The van der Waals surface area contributed by atoms with Crippen molar-refractivity contribution >= 4 is 11.5 Å². The van der Waals surface area contributed by atoms with E-state index in [2.05, 4.69) is 16.5 Å². The Morgan fingerprint density at radius 2 is 2.20 bits per heavy atom. The van der Waals surface area contributed by atoms with Crippen LogP contribution in [0.3, 0.4) is 0 Å². The molecule has 1 aromatic heterocycles. The number of carbonyl (C=O) groups is 1. The fourth-order valence-corrected chi connectivity index (χ4v) is 1.65. The predicted octanol–water partition coefficient (Wildman–Crippen LogP) is 1.53. The van der Waals surface area contributed by atoms with Gasteiger partial charge in [-0.25, -0.2) is 9.18 Å². The van der Waals surface area contributed by atoms with Gasteiger partial charge in [-0.05, 0) is 12.0 Å². The molecule has 1 aliphatic rings. The first kappa shape index (κ1) is 9.76. The van der Waals surface area contributed by atoms with Crippen molar-refractivity contribution < 1.29 is 14.3 Å². The summed E-state index contributed by atoms with van der Waals surface area (Å²) in [5, 5.41) is 8.86. The van der Waals surface area contributed by atoms with Crippen molar-refractivity contribution in [2.24, 2.45) is 0 Å². The fourth-order valence-electron chi connectivity index (χ4n) is 1.65. The topological polar surface area (TPSA) is 63.1 Å². The molecule has 15 heavy (non-hydrogen) atoms. The average molecular weight is 208 g/mol. The van der Waals surface area contributed by atoms with E-state index < -0.39 is 11.6 Å². The number of carboxylic acids is 1. The summed E-state index contributed by atoms with van der Waals surface area (Å²) in [4.78, 5) is 18.6. The monoisotopic (exact) mass is 208 g/mol. The summed E-state index contributed by atoms with van der Waals surface area (Å²) >= 11 is 0. The Bertz CT molecular complexity index is 447. The maximum atomic E-state index is 14.1. The number of aromatic nitrogens is 2. The molecule has 0 amide bonds. The minimum Gasteiger partial charge on any atom is -0.479 e. The van der Waals surface area contributed by atoms with Crippen LogP contribution in [0, 0.1) is 0 Å². The van der Waals surface area contributed by atoms with Crippen molar-refractivity contribution in [1.82, 2.24) is 9.97 Å². The summed E-state index contributed by atoms with van der Waals surface area (Å²) in [6.07, 6.45) is 2.84. The van der Waals surface area contributed by atoms with Crippen molar-refractivity contribution in [3.05, 3.63) is 30.4 Å². The normalized spacial score (nSPS) is 24.7. The van der Waals surface area contributed by atoms with Crippen molar-refractivity contribution in [3.8, 4) is 0 Å². The smallest absolute Gasteiger partial charge is 0.347 e. The van der Waals surface area contributed by atoms with Gasteiger partial charge in [0, 0.05) is 18.8 Å². The van der Waals surface area contributed by atoms with Gasteiger partial charge in [0.05, 0.1) is 5.69 Å². The Balaban J connectivity index is 2.63. The third-order valence-electron chi connectivity index (χ3n) is 2.52. The third-order valence-corrected chi connectivity index (χ3v) is 2.52. The van der Waals surface area contributed by atoms with Crippen LogP contribution in [0.25, 0.3) is 5.57 Å². The number of carboxylic acid groups (broad SMARTS) is 1. The Morgan fingerprint density at radius 1 is 1.53 bits per heavy atom. The highest BCUT2D eigenvalue weighted by atomic mass is 19.1. The van der Waals surface area contributed by atoms with Crippen LogP contribution in [0.15, 0.2) is 19.0 Å². The molecule has 0 saturated heterocycles. The number of fused-ring (bicyclic) bond motifs is 1. The molecule has 2 rings (SSSR count). The molecule has 0 bridgehead atoms. The minimum absolute atomic E-state index is 0.131. The van der Waals surface area contributed by atoms with Crippen LogP contribution in [0.4, 0.5) is 4.39 Å². The Morgan fingerprint density at radius 3 is 2.87 bits per heavy atom. The zero-order chi connectivity index (χ0) is 11.1. The lowest BCUT2D eigenvalue weighted by Crippen LogP contribution is -2.35. The van der Waals surface area contributed by atoms with Crippen LogP contribution >= 0.6 is 0 Å². The zero-order valence-corrected chi connectivity index (χ0v) is 7.90. The summed E-state index contributed by atoms with van der Waals surface area (Å²) in [6.45, 7) is 3.72. The molecule has 0 radical (unpaired) electrons. The molecule has 5 heteroatoms. The molecule has 1 N–H and O–H groups in total. The van der Waals surface area contributed by atoms with Gasteiger partial charge in [-0.15, -0.1) is 0 Å². The summed E-state index contributed by atoms with van der Waals surface area (Å²) in [5.74, 6) is -1.52. The highest BCUT2D eigenvalue weighted by molar-refractivity contribution is 5.83. The fraction of sp³-hybridized carbons (Fsp3) is 0.300. The van der Waals surface area contributed by atoms with E-state index in [0.29, 0.717) is 5.57 Å². The van der Waals surface area contributed by atoms with Gasteiger partial charge in [0.25, 0.3) is 5.67 Å². The molecule has 0 aliphatic heterocycles. The summed E-state index contributed by atoms with van der Waals surface area (Å²) < 4.78 is 14.1. The SMILES string of the molecule is C=C1CCC(F)(C(=O)O)c2nccnc21. The van der Waals surface area contributed by atoms with Crippen LogP contribution in [0.2, 0.25) is 0 Å². The van der Waals surface area contributed by atoms with Gasteiger partial charge < -0.3 is 5.11 Å². The van der Waals surface area contributed by atoms with Gasteiger partial charge in [0.1, 0.15) is 5.69 Å². The molecule has 0 fully saturated rings. The van der Waals surface area contributed by atoms with E-state index >= 15 is 0 Å². The van der Waals surface area contributed by atoms with E-state index in [-0.39, 0.29) is 24.2 Å². The molecule has 1 aliphatic carbocycles. The third kappa shape index (κ3) is 1.31. The largest absolute Gasteiger partial charge is 0.479 e. The molecule has 0 saturated carbocycles. The average Bonchev–Trinajstić information content (AvgIpc) is 2.24. The molecule has 1 aromatic rings. The Kier molecular flexibility index (Phi) is 2.03. The van der Waals surface area contributed by atoms with Crippen LogP contribution < -0.4 is 0 Å². The minimum atomic E-state index is -2.43. The highest BCUT2D eigenvalue weighted by Crippen LogP contribution is 2.40. The van der Waals surface area contributed by atoms with E-state index in [1.165, 1.54) is 12.4 Å². The maximum absolute atomic E-state index is 14.1. The highest BCUT2D eigenvalue weighted by Gasteiger charge is 2.47. The number of halogens is 1. The van der Waals surface area contributed by atoms with E-state index in [4.69, 9.17) is 5.11 Å². The predicted molar refractivity (Wildman–Crippen MR) is 50.7 cm³/mol. The lowest BCUT2D eigenvalue weighted by atomic mass is 9.84. The van der Waals surface area contributed by atoms with Gasteiger partial charge in [-0.3, -0.25) is 9.97 Å². The Hall–Kier alpha value is -1.78. The molecule has 0 spiro atoms. The van der Waals surface area contributed by atoms with Crippen LogP contribution in [-0.2, 0) is 10.5 Å². The lowest BCUT2D eigenvalue weighted by Gasteiger charge is -2.27. The first-order valence-corrected chi connectivity index (χ1v) is 4.47. The summed E-state index contributed by atoms with van der Waals surface area (Å²) in [6, 6.07) is 0.